The lowest BCUT2D eigenvalue weighted by molar-refractivity contribution is 0.0468. The molecular formula is C13H10BFO4S. The predicted octanol–water partition coefficient (Wildman–Crippen LogP) is 1.46. The summed E-state index contributed by atoms with van der Waals surface area (Å²) in [6.45, 7) is 0.232. The van der Waals surface area contributed by atoms with E-state index in [1.54, 1.807) is 0 Å². The van der Waals surface area contributed by atoms with Gasteiger partial charge >= 0.3 is 13.1 Å². The smallest absolute Gasteiger partial charge is 0.457 e. The molecule has 0 bridgehead atoms. The summed E-state index contributed by atoms with van der Waals surface area (Å²) in [6, 6.07) is 4.32. The van der Waals surface area contributed by atoms with E-state index < -0.39 is 18.9 Å². The van der Waals surface area contributed by atoms with Crippen LogP contribution in [0.1, 0.15) is 21.5 Å². The minimum absolute atomic E-state index is 0.0952. The summed E-state index contributed by atoms with van der Waals surface area (Å²) in [4.78, 5) is 11.9. The molecule has 0 aliphatic carbocycles. The number of esters is 1. The van der Waals surface area contributed by atoms with Crippen molar-refractivity contribution in [3.05, 3.63) is 51.5 Å². The Morgan fingerprint density at radius 3 is 3.15 bits per heavy atom. The van der Waals surface area contributed by atoms with Gasteiger partial charge in [0.25, 0.3) is 0 Å². The van der Waals surface area contributed by atoms with Crippen LogP contribution in [0, 0.1) is 5.82 Å². The average molecular weight is 292 g/mol. The van der Waals surface area contributed by atoms with E-state index in [4.69, 9.17) is 9.39 Å². The summed E-state index contributed by atoms with van der Waals surface area (Å²) < 4.78 is 23.9. The molecule has 20 heavy (non-hydrogen) atoms. The molecule has 2 aromatic rings. The summed E-state index contributed by atoms with van der Waals surface area (Å²) >= 11 is 1.49. The van der Waals surface area contributed by atoms with Crippen molar-refractivity contribution in [1.29, 1.82) is 0 Å². The first kappa shape index (κ1) is 13.3. The second-order valence-electron chi connectivity index (χ2n) is 4.40. The van der Waals surface area contributed by atoms with Crippen LogP contribution in [0.25, 0.3) is 0 Å². The second kappa shape index (κ2) is 5.36. The fourth-order valence-corrected chi connectivity index (χ4v) is 2.66. The maximum atomic E-state index is 13.9. The van der Waals surface area contributed by atoms with Gasteiger partial charge in [0.05, 0.1) is 12.2 Å². The van der Waals surface area contributed by atoms with E-state index in [2.05, 4.69) is 0 Å². The van der Waals surface area contributed by atoms with Crippen molar-refractivity contribution in [2.24, 2.45) is 0 Å². The number of fused-ring (bicyclic) bond motifs is 1. The molecule has 0 spiro atoms. The molecule has 0 amide bonds. The van der Waals surface area contributed by atoms with Gasteiger partial charge in [0.2, 0.25) is 0 Å². The topological polar surface area (TPSA) is 55.8 Å². The van der Waals surface area contributed by atoms with E-state index in [1.165, 1.54) is 23.5 Å². The van der Waals surface area contributed by atoms with E-state index in [1.807, 2.05) is 16.8 Å². The van der Waals surface area contributed by atoms with Gasteiger partial charge in [0, 0.05) is 5.56 Å². The number of thiophene rings is 1. The van der Waals surface area contributed by atoms with Crippen molar-refractivity contribution in [1.82, 2.24) is 0 Å². The molecule has 102 valence electrons. The number of benzene rings is 1. The number of hydrogen-bond donors (Lipinski definition) is 1. The van der Waals surface area contributed by atoms with Crippen molar-refractivity contribution >= 4 is 29.9 Å². The number of halogens is 1. The third kappa shape index (κ3) is 2.47. The number of carbonyl (C=O) groups excluding carboxylic acids is 1. The monoisotopic (exact) mass is 292 g/mol. The van der Waals surface area contributed by atoms with Crippen LogP contribution >= 0.6 is 11.3 Å². The molecule has 1 aliphatic rings. The van der Waals surface area contributed by atoms with Crippen LogP contribution in [-0.4, -0.2) is 18.1 Å². The van der Waals surface area contributed by atoms with E-state index in [9.17, 15) is 14.2 Å². The predicted molar refractivity (Wildman–Crippen MR) is 72.2 cm³/mol. The molecule has 7 heteroatoms. The van der Waals surface area contributed by atoms with Crippen molar-refractivity contribution in [3.8, 4) is 0 Å². The Bertz CT molecular complexity index is 644. The third-order valence-corrected chi connectivity index (χ3v) is 3.79. The Hall–Kier alpha value is -1.70. The highest BCUT2D eigenvalue weighted by atomic mass is 32.1. The summed E-state index contributed by atoms with van der Waals surface area (Å²) in [5, 5.41) is 13.3. The maximum absolute atomic E-state index is 13.9. The van der Waals surface area contributed by atoms with Gasteiger partial charge in [-0.3, -0.25) is 0 Å². The van der Waals surface area contributed by atoms with Gasteiger partial charge in [-0.15, -0.1) is 0 Å². The number of ether oxygens (including phenoxy) is 1. The molecule has 1 aliphatic heterocycles. The first-order chi connectivity index (χ1) is 9.65. The van der Waals surface area contributed by atoms with Crippen LogP contribution in [0.15, 0.2) is 29.0 Å². The highest BCUT2D eigenvalue weighted by molar-refractivity contribution is 7.07. The van der Waals surface area contributed by atoms with Gasteiger partial charge in [0.1, 0.15) is 12.4 Å². The number of hydrogen-bond acceptors (Lipinski definition) is 5. The molecule has 0 radical (unpaired) electrons. The zero-order valence-electron chi connectivity index (χ0n) is 10.3. The molecule has 4 nitrogen and oxygen atoms in total. The van der Waals surface area contributed by atoms with Crippen molar-refractivity contribution in [3.63, 3.8) is 0 Å². The number of rotatable bonds is 3. The van der Waals surface area contributed by atoms with Crippen LogP contribution in [0.2, 0.25) is 0 Å². The standard InChI is InChI=1S/C13H10BFO4S/c15-12-3-9-6-19-14(17)11(9)4-10(12)13(16)18-5-8-1-2-20-7-8/h1-4,7,17H,5-6H2. The zero-order valence-corrected chi connectivity index (χ0v) is 11.2. The molecule has 1 aromatic carbocycles. The largest absolute Gasteiger partial charge is 0.491 e. The van der Waals surface area contributed by atoms with Crippen LogP contribution in [-0.2, 0) is 22.6 Å². The van der Waals surface area contributed by atoms with Crippen molar-refractivity contribution in [2.75, 3.05) is 0 Å². The Balaban J connectivity index is 1.79. The molecule has 1 aromatic heterocycles. The normalized spacial score (nSPS) is 13.4. The second-order valence-corrected chi connectivity index (χ2v) is 5.18. The number of carbonyl (C=O) groups is 1. The fraction of sp³-hybridized carbons (Fsp3) is 0.154. The lowest BCUT2D eigenvalue weighted by Crippen LogP contribution is -2.29. The van der Waals surface area contributed by atoms with Crippen molar-refractivity contribution < 1.29 is 23.6 Å². The first-order valence-electron chi connectivity index (χ1n) is 5.95. The minimum Gasteiger partial charge on any atom is -0.457 e. The molecule has 0 unspecified atom stereocenters. The average Bonchev–Trinajstić information content (AvgIpc) is 3.06. The zero-order chi connectivity index (χ0) is 14.1. The Morgan fingerprint density at radius 1 is 1.55 bits per heavy atom. The molecule has 2 heterocycles. The molecule has 0 saturated heterocycles. The summed E-state index contributed by atoms with van der Waals surface area (Å²) in [6.07, 6.45) is 0. The molecular weight excluding hydrogens is 282 g/mol. The van der Waals surface area contributed by atoms with Gasteiger partial charge < -0.3 is 14.4 Å². The maximum Gasteiger partial charge on any atom is 0.491 e. The lowest BCUT2D eigenvalue weighted by Gasteiger charge is -2.07. The molecule has 1 N–H and O–H groups in total. The van der Waals surface area contributed by atoms with Gasteiger partial charge in [-0.2, -0.15) is 11.3 Å². The van der Waals surface area contributed by atoms with Gasteiger partial charge in [-0.05, 0) is 40.0 Å². The summed E-state index contributed by atoms with van der Waals surface area (Å²) in [5.74, 6) is -1.42. The van der Waals surface area contributed by atoms with Crippen LogP contribution < -0.4 is 5.46 Å². The summed E-state index contributed by atoms with van der Waals surface area (Å²) in [5.41, 5.74) is 1.62. The van der Waals surface area contributed by atoms with E-state index in [0.717, 1.165) is 5.56 Å². The van der Waals surface area contributed by atoms with Crippen LogP contribution in [0.5, 0.6) is 0 Å². The SMILES string of the molecule is O=C(OCc1ccsc1)c1cc2c(cc1F)COB2O. The van der Waals surface area contributed by atoms with Crippen LogP contribution in [0.3, 0.4) is 0 Å². The molecule has 0 saturated carbocycles. The van der Waals surface area contributed by atoms with E-state index >= 15 is 0 Å². The van der Waals surface area contributed by atoms with Crippen molar-refractivity contribution in [2.45, 2.75) is 13.2 Å². The first-order valence-corrected chi connectivity index (χ1v) is 6.89. The van der Waals surface area contributed by atoms with Gasteiger partial charge in [-0.1, -0.05) is 0 Å². The van der Waals surface area contributed by atoms with E-state index in [-0.39, 0.29) is 18.8 Å². The summed E-state index contributed by atoms with van der Waals surface area (Å²) in [7, 11) is -1.12. The molecule has 0 atom stereocenters. The quantitative estimate of drug-likeness (QED) is 0.687. The Labute approximate surface area is 118 Å². The highest BCUT2D eigenvalue weighted by Crippen LogP contribution is 2.17. The van der Waals surface area contributed by atoms with Gasteiger partial charge in [0.15, 0.2) is 0 Å². The Kier molecular flexibility index (Phi) is 3.56. The lowest BCUT2D eigenvalue weighted by atomic mass is 9.78. The molecule has 0 fully saturated rings. The van der Waals surface area contributed by atoms with Crippen LogP contribution in [0.4, 0.5) is 4.39 Å². The van der Waals surface area contributed by atoms with E-state index in [0.29, 0.717) is 11.0 Å². The van der Waals surface area contributed by atoms with Gasteiger partial charge in [-0.25, -0.2) is 9.18 Å². The molecule has 3 rings (SSSR count). The Morgan fingerprint density at radius 2 is 2.40 bits per heavy atom. The third-order valence-electron chi connectivity index (χ3n) is 3.06. The fourth-order valence-electron chi connectivity index (χ4n) is 2.00. The minimum atomic E-state index is -1.12. The highest BCUT2D eigenvalue weighted by Gasteiger charge is 2.30.